The molecule has 1 fully saturated rings. The Morgan fingerprint density at radius 3 is 2.22 bits per heavy atom. The van der Waals surface area contributed by atoms with Crippen LogP contribution in [0.15, 0.2) is 24.3 Å². The van der Waals surface area contributed by atoms with Gasteiger partial charge in [0.15, 0.2) is 5.78 Å². The molecular formula is C19H30N2O2. The van der Waals surface area contributed by atoms with Crippen molar-refractivity contribution in [3.05, 3.63) is 29.8 Å². The minimum absolute atomic E-state index is 0.0857. The van der Waals surface area contributed by atoms with E-state index in [0.717, 1.165) is 37.4 Å². The summed E-state index contributed by atoms with van der Waals surface area (Å²) in [6, 6.07) is 7.72. The Balaban J connectivity index is 0.00000127. The zero-order valence-corrected chi connectivity index (χ0v) is 15.1. The fourth-order valence-electron chi connectivity index (χ4n) is 2.61. The lowest BCUT2D eigenvalue weighted by Crippen LogP contribution is -2.49. The summed E-state index contributed by atoms with van der Waals surface area (Å²) in [5, 5.41) is 0. The van der Waals surface area contributed by atoms with E-state index >= 15 is 0 Å². The second kappa shape index (κ2) is 9.33. The quantitative estimate of drug-likeness (QED) is 0.796. The van der Waals surface area contributed by atoms with Crippen LogP contribution in [0.5, 0.6) is 0 Å². The number of benzene rings is 1. The van der Waals surface area contributed by atoms with Crippen molar-refractivity contribution >= 4 is 17.4 Å². The van der Waals surface area contributed by atoms with Gasteiger partial charge in [-0.2, -0.15) is 0 Å². The van der Waals surface area contributed by atoms with E-state index in [1.54, 1.807) is 6.92 Å². The van der Waals surface area contributed by atoms with Crippen LogP contribution >= 0.6 is 0 Å². The van der Waals surface area contributed by atoms with Gasteiger partial charge in [-0.3, -0.25) is 9.59 Å². The number of amides is 1. The number of carbonyl (C=O) groups is 2. The number of Topliss-reactive ketones (excluding diaryl/α,β-unsaturated/α-hetero) is 1. The van der Waals surface area contributed by atoms with E-state index in [-0.39, 0.29) is 11.7 Å². The Bertz CT molecular complexity index is 518. The molecule has 0 bridgehead atoms. The number of piperazine rings is 1. The van der Waals surface area contributed by atoms with E-state index in [4.69, 9.17) is 0 Å². The molecule has 23 heavy (non-hydrogen) atoms. The Labute approximate surface area is 140 Å². The maximum absolute atomic E-state index is 12.1. The van der Waals surface area contributed by atoms with Crippen LogP contribution in [-0.2, 0) is 4.79 Å². The van der Waals surface area contributed by atoms with Crippen LogP contribution in [0, 0.1) is 5.92 Å². The van der Waals surface area contributed by atoms with Crippen molar-refractivity contribution < 1.29 is 9.59 Å². The molecule has 1 aliphatic rings. The van der Waals surface area contributed by atoms with E-state index < -0.39 is 0 Å². The Morgan fingerprint density at radius 1 is 1.09 bits per heavy atom. The highest BCUT2D eigenvalue weighted by atomic mass is 16.2. The van der Waals surface area contributed by atoms with Gasteiger partial charge in [-0.25, -0.2) is 0 Å². The first kappa shape index (κ1) is 19.2. The lowest BCUT2D eigenvalue weighted by atomic mass is 10.1. The molecule has 0 saturated carbocycles. The van der Waals surface area contributed by atoms with Crippen molar-refractivity contribution in [2.75, 3.05) is 31.1 Å². The number of hydrogen-bond acceptors (Lipinski definition) is 3. The summed E-state index contributed by atoms with van der Waals surface area (Å²) in [5.74, 6) is 0.743. The van der Waals surface area contributed by atoms with E-state index in [1.807, 2.05) is 43.0 Å². The average molecular weight is 318 g/mol. The number of carbonyl (C=O) groups excluding carboxylic acids is 2. The van der Waals surface area contributed by atoms with E-state index in [1.165, 1.54) is 0 Å². The molecule has 0 atom stereocenters. The number of anilines is 1. The Kier molecular flexibility index (Phi) is 7.79. The molecule has 4 nitrogen and oxygen atoms in total. The largest absolute Gasteiger partial charge is 0.368 e. The van der Waals surface area contributed by atoms with Gasteiger partial charge in [0.05, 0.1) is 0 Å². The summed E-state index contributed by atoms with van der Waals surface area (Å²) in [4.78, 5) is 27.7. The van der Waals surface area contributed by atoms with Gasteiger partial charge in [-0.15, -0.1) is 0 Å². The first-order valence-electron chi connectivity index (χ1n) is 8.61. The summed E-state index contributed by atoms with van der Waals surface area (Å²) in [5.41, 5.74) is 1.81. The molecule has 1 aliphatic heterocycles. The summed E-state index contributed by atoms with van der Waals surface area (Å²) < 4.78 is 0. The van der Waals surface area contributed by atoms with Crippen molar-refractivity contribution in [3.63, 3.8) is 0 Å². The van der Waals surface area contributed by atoms with Crippen molar-refractivity contribution in [3.8, 4) is 0 Å². The molecule has 1 aromatic rings. The van der Waals surface area contributed by atoms with E-state index in [0.29, 0.717) is 12.3 Å². The monoisotopic (exact) mass is 318 g/mol. The molecule has 1 aromatic carbocycles. The second-order valence-electron chi connectivity index (χ2n) is 6.07. The highest BCUT2D eigenvalue weighted by molar-refractivity contribution is 5.95. The zero-order valence-electron chi connectivity index (χ0n) is 15.1. The Hall–Kier alpha value is -1.84. The molecule has 4 heteroatoms. The van der Waals surface area contributed by atoms with E-state index in [9.17, 15) is 9.59 Å². The molecule has 128 valence electrons. The predicted octanol–water partition coefficient (Wildman–Crippen LogP) is 3.61. The second-order valence-corrected chi connectivity index (χ2v) is 6.07. The van der Waals surface area contributed by atoms with Gasteiger partial charge in [0.1, 0.15) is 0 Å². The molecule has 0 spiro atoms. The smallest absolute Gasteiger partial charge is 0.222 e. The van der Waals surface area contributed by atoms with E-state index in [2.05, 4.69) is 18.7 Å². The predicted molar refractivity (Wildman–Crippen MR) is 96.0 cm³/mol. The van der Waals surface area contributed by atoms with Gasteiger partial charge in [0, 0.05) is 43.9 Å². The molecule has 0 unspecified atom stereocenters. The number of nitrogens with zero attached hydrogens (tertiary/aromatic N) is 2. The Morgan fingerprint density at radius 2 is 1.70 bits per heavy atom. The van der Waals surface area contributed by atoms with Gasteiger partial charge in [-0.1, -0.05) is 39.8 Å². The minimum Gasteiger partial charge on any atom is -0.368 e. The lowest BCUT2D eigenvalue weighted by molar-refractivity contribution is -0.132. The molecule has 0 aromatic heterocycles. The van der Waals surface area contributed by atoms with Crippen LogP contribution in [0.3, 0.4) is 0 Å². The lowest BCUT2D eigenvalue weighted by Gasteiger charge is -2.36. The zero-order chi connectivity index (χ0) is 17.4. The summed E-state index contributed by atoms with van der Waals surface area (Å²) in [6.07, 6.45) is 0.625. The molecule has 0 N–H and O–H groups in total. The van der Waals surface area contributed by atoms with Crippen LogP contribution in [-0.4, -0.2) is 42.8 Å². The van der Waals surface area contributed by atoms with Crippen LogP contribution in [0.25, 0.3) is 0 Å². The van der Waals surface area contributed by atoms with Crippen LogP contribution in [0.1, 0.15) is 51.4 Å². The van der Waals surface area contributed by atoms with Crippen molar-refractivity contribution in [1.29, 1.82) is 0 Å². The molecule has 1 amide bonds. The highest BCUT2D eigenvalue weighted by Gasteiger charge is 2.21. The topological polar surface area (TPSA) is 40.6 Å². The van der Waals surface area contributed by atoms with Crippen molar-refractivity contribution in [2.45, 2.75) is 41.0 Å². The minimum atomic E-state index is 0.0857. The van der Waals surface area contributed by atoms with Gasteiger partial charge >= 0.3 is 0 Å². The third kappa shape index (κ3) is 5.70. The molecular weight excluding hydrogens is 288 g/mol. The van der Waals surface area contributed by atoms with Crippen LogP contribution < -0.4 is 4.90 Å². The van der Waals surface area contributed by atoms with Crippen molar-refractivity contribution in [2.24, 2.45) is 5.92 Å². The summed E-state index contributed by atoms with van der Waals surface area (Å²) in [6.45, 7) is 12.9. The van der Waals surface area contributed by atoms with Gasteiger partial charge in [-0.05, 0) is 25.0 Å². The number of rotatable bonds is 4. The first-order chi connectivity index (χ1) is 11.0. The van der Waals surface area contributed by atoms with Gasteiger partial charge < -0.3 is 9.80 Å². The SMILES string of the molecule is CC.CC(=O)c1cccc(N2CCN(C(=O)CC(C)C)CC2)c1. The fraction of sp³-hybridized carbons (Fsp3) is 0.579. The van der Waals surface area contributed by atoms with Crippen LogP contribution in [0.2, 0.25) is 0 Å². The molecule has 0 aliphatic carbocycles. The standard InChI is InChI=1S/C17H24N2O2.C2H6/c1-13(2)11-17(21)19-9-7-18(8-10-19)16-6-4-5-15(12-16)14(3)20;1-2/h4-6,12-13H,7-11H2,1-3H3;1-2H3. The molecule has 2 rings (SSSR count). The molecule has 0 radical (unpaired) electrons. The fourth-order valence-corrected chi connectivity index (χ4v) is 2.61. The molecule has 1 heterocycles. The van der Waals surface area contributed by atoms with Crippen molar-refractivity contribution in [1.82, 2.24) is 4.90 Å². The maximum atomic E-state index is 12.1. The number of hydrogen-bond donors (Lipinski definition) is 0. The maximum Gasteiger partial charge on any atom is 0.222 e. The number of ketones is 1. The third-order valence-electron chi connectivity index (χ3n) is 3.83. The molecule has 1 saturated heterocycles. The van der Waals surface area contributed by atoms with Gasteiger partial charge in [0.25, 0.3) is 0 Å². The third-order valence-corrected chi connectivity index (χ3v) is 3.83. The summed E-state index contributed by atoms with van der Waals surface area (Å²) in [7, 11) is 0. The normalized spacial score (nSPS) is 14.3. The highest BCUT2D eigenvalue weighted by Crippen LogP contribution is 2.19. The van der Waals surface area contributed by atoms with Gasteiger partial charge in [0.2, 0.25) is 5.91 Å². The average Bonchev–Trinajstić information content (AvgIpc) is 2.56. The van der Waals surface area contributed by atoms with Crippen LogP contribution in [0.4, 0.5) is 5.69 Å². The first-order valence-corrected chi connectivity index (χ1v) is 8.61. The summed E-state index contributed by atoms with van der Waals surface area (Å²) >= 11 is 0.